The molecule has 30 heavy (non-hydrogen) atoms. The normalized spacial score (nSPS) is 13.8. The van der Waals surface area contributed by atoms with Crippen LogP contribution in [0.15, 0.2) is 54.9 Å². The molecular weight excluding hydrogens is 390 g/mol. The zero-order chi connectivity index (χ0) is 20.8. The Morgan fingerprint density at radius 3 is 2.53 bits per heavy atom. The van der Waals surface area contributed by atoms with Crippen molar-refractivity contribution in [1.29, 1.82) is 0 Å². The summed E-state index contributed by atoms with van der Waals surface area (Å²) in [4.78, 5) is 8.93. The Balaban J connectivity index is 1.25. The van der Waals surface area contributed by atoms with Gasteiger partial charge in [-0.05, 0) is 66.3 Å². The Bertz CT molecular complexity index is 957. The lowest BCUT2D eigenvalue weighted by atomic mass is 10.0. The lowest BCUT2D eigenvalue weighted by Gasteiger charge is -2.26. The van der Waals surface area contributed by atoms with Crippen LogP contribution in [0.2, 0.25) is 0 Å². The molecule has 2 aromatic carbocycles. The highest BCUT2D eigenvalue weighted by molar-refractivity contribution is 7.96. The molecule has 0 atom stereocenters. The molecule has 0 bridgehead atoms. The SMILES string of the molecule is CCc1cnc(-c2ccc(CCCOc3ccc4c(c3)CCN(SC)C4)cc2)nc1. The van der Waals surface area contributed by atoms with Gasteiger partial charge in [0.1, 0.15) is 5.75 Å². The number of nitrogens with zero attached hydrogens (tertiary/aromatic N) is 3. The minimum Gasteiger partial charge on any atom is -0.494 e. The van der Waals surface area contributed by atoms with Crippen molar-refractivity contribution in [1.82, 2.24) is 14.3 Å². The molecule has 3 aromatic rings. The van der Waals surface area contributed by atoms with E-state index in [1.54, 1.807) is 0 Å². The van der Waals surface area contributed by atoms with Gasteiger partial charge in [0.05, 0.1) is 6.61 Å². The number of rotatable bonds is 8. The summed E-state index contributed by atoms with van der Waals surface area (Å²) in [5.74, 6) is 1.78. The average Bonchev–Trinajstić information content (AvgIpc) is 2.82. The second-order valence-electron chi connectivity index (χ2n) is 7.64. The fourth-order valence-electron chi connectivity index (χ4n) is 3.72. The molecule has 4 rings (SSSR count). The summed E-state index contributed by atoms with van der Waals surface area (Å²) in [6, 6.07) is 15.1. The molecule has 0 spiro atoms. The molecule has 0 radical (unpaired) electrons. The van der Waals surface area contributed by atoms with Gasteiger partial charge in [0, 0.05) is 31.0 Å². The van der Waals surface area contributed by atoms with E-state index in [1.807, 2.05) is 24.3 Å². The number of aryl methyl sites for hydroxylation is 2. The molecule has 2 heterocycles. The highest BCUT2D eigenvalue weighted by Gasteiger charge is 2.15. The smallest absolute Gasteiger partial charge is 0.159 e. The number of ether oxygens (including phenoxy) is 1. The van der Waals surface area contributed by atoms with Crippen LogP contribution >= 0.6 is 11.9 Å². The summed E-state index contributed by atoms with van der Waals surface area (Å²) < 4.78 is 8.43. The Kier molecular flexibility index (Phi) is 7.03. The summed E-state index contributed by atoms with van der Waals surface area (Å²) in [5.41, 5.74) is 6.40. The van der Waals surface area contributed by atoms with Crippen molar-refractivity contribution in [3.05, 3.63) is 77.1 Å². The van der Waals surface area contributed by atoms with Crippen LogP contribution < -0.4 is 4.74 Å². The van der Waals surface area contributed by atoms with Crippen molar-refractivity contribution in [2.24, 2.45) is 0 Å². The van der Waals surface area contributed by atoms with Crippen molar-refractivity contribution in [2.75, 3.05) is 19.4 Å². The van der Waals surface area contributed by atoms with E-state index >= 15 is 0 Å². The molecule has 0 amide bonds. The lowest BCUT2D eigenvalue weighted by Crippen LogP contribution is -2.24. The van der Waals surface area contributed by atoms with E-state index in [0.717, 1.165) is 68.1 Å². The summed E-state index contributed by atoms with van der Waals surface area (Å²) >= 11 is 1.82. The van der Waals surface area contributed by atoms with Crippen LogP contribution in [0, 0.1) is 0 Å². The van der Waals surface area contributed by atoms with Crippen LogP contribution in [0.5, 0.6) is 5.75 Å². The number of fused-ring (bicyclic) bond motifs is 1. The van der Waals surface area contributed by atoms with Crippen LogP contribution in [0.3, 0.4) is 0 Å². The third kappa shape index (κ3) is 5.21. The second kappa shape index (κ2) is 10.1. The van der Waals surface area contributed by atoms with E-state index in [2.05, 4.69) is 69.9 Å². The molecule has 1 aliphatic rings. The minimum absolute atomic E-state index is 0.735. The van der Waals surface area contributed by atoms with Crippen molar-refractivity contribution in [3.8, 4) is 17.1 Å². The zero-order valence-electron chi connectivity index (χ0n) is 17.8. The molecular formula is C25H29N3OS. The van der Waals surface area contributed by atoms with Crippen LogP contribution in [-0.2, 0) is 25.8 Å². The van der Waals surface area contributed by atoms with Gasteiger partial charge in [-0.3, -0.25) is 0 Å². The first-order valence-corrected chi connectivity index (χ1v) is 11.9. The summed E-state index contributed by atoms with van der Waals surface area (Å²) in [7, 11) is 0. The van der Waals surface area contributed by atoms with Crippen LogP contribution in [0.1, 0.15) is 35.6 Å². The molecule has 5 heteroatoms. The number of benzene rings is 2. The molecule has 0 N–H and O–H groups in total. The first kappa shape index (κ1) is 20.9. The molecule has 1 aromatic heterocycles. The van der Waals surface area contributed by atoms with Crippen molar-refractivity contribution < 1.29 is 4.74 Å². The summed E-state index contributed by atoms with van der Waals surface area (Å²) in [6.45, 7) is 4.99. The highest BCUT2D eigenvalue weighted by Crippen LogP contribution is 2.26. The van der Waals surface area contributed by atoms with Crippen molar-refractivity contribution in [3.63, 3.8) is 0 Å². The van der Waals surface area contributed by atoms with Gasteiger partial charge in [-0.2, -0.15) is 0 Å². The highest BCUT2D eigenvalue weighted by atomic mass is 32.2. The maximum Gasteiger partial charge on any atom is 0.159 e. The van der Waals surface area contributed by atoms with Crippen LogP contribution in [0.4, 0.5) is 0 Å². The van der Waals surface area contributed by atoms with Gasteiger partial charge in [-0.25, -0.2) is 14.3 Å². The maximum absolute atomic E-state index is 6.02. The third-order valence-corrected chi connectivity index (χ3v) is 6.45. The third-order valence-electron chi connectivity index (χ3n) is 5.62. The Hall–Kier alpha value is -2.37. The predicted molar refractivity (Wildman–Crippen MR) is 125 cm³/mol. The Labute approximate surface area is 183 Å². The zero-order valence-corrected chi connectivity index (χ0v) is 18.6. The van der Waals surface area contributed by atoms with Gasteiger partial charge in [0.2, 0.25) is 0 Å². The number of hydrogen-bond donors (Lipinski definition) is 0. The van der Waals surface area contributed by atoms with Gasteiger partial charge < -0.3 is 4.74 Å². The van der Waals surface area contributed by atoms with Gasteiger partial charge >= 0.3 is 0 Å². The van der Waals surface area contributed by atoms with Crippen LogP contribution in [-0.4, -0.2) is 33.7 Å². The van der Waals surface area contributed by atoms with E-state index in [1.165, 1.54) is 16.7 Å². The van der Waals surface area contributed by atoms with E-state index < -0.39 is 0 Å². The fourth-order valence-corrected chi connectivity index (χ4v) is 4.26. The molecule has 156 valence electrons. The molecule has 0 unspecified atom stereocenters. The standard InChI is InChI=1S/C25H29N3OS/c1-3-19-16-26-25(27-17-19)21-8-6-20(7-9-21)5-4-14-29-24-11-10-23-18-28(30-2)13-12-22(23)15-24/h6-11,15-17H,3-5,12-14,18H2,1-2H3. The molecule has 0 fully saturated rings. The second-order valence-corrected chi connectivity index (χ2v) is 8.53. The number of hydrogen-bond acceptors (Lipinski definition) is 5. The molecule has 1 aliphatic heterocycles. The van der Waals surface area contributed by atoms with E-state index in [9.17, 15) is 0 Å². The van der Waals surface area contributed by atoms with Gasteiger partial charge in [-0.15, -0.1) is 0 Å². The van der Waals surface area contributed by atoms with E-state index in [-0.39, 0.29) is 0 Å². The molecule has 0 saturated carbocycles. The molecule has 0 aliphatic carbocycles. The fraction of sp³-hybridized carbons (Fsp3) is 0.360. The van der Waals surface area contributed by atoms with Crippen LogP contribution in [0.25, 0.3) is 11.4 Å². The topological polar surface area (TPSA) is 38.2 Å². The van der Waals surface area contributed by atoms with Gasteiger partial charge in [-0.1, -0.05) is 49.2 Å². The summed E-state index contributed by atoms with van der Waals surface area (Å²) in [6.07, 6.45) is 10.0. The van der Waals surface area contributed by atoms with E-state index in [0.29, 0.717) is 0 Å². The minimum atomic E-state index is 0.735. The van der Waals surface area contributed by atoms with Crippen molar-refractivity contribution >= 4 is 11.9 Å². The Morgan fingerprint density at radius 1 is 1.00 bits per heavy atom. The van der Waals surface area contributed by atoms with Crippen molar-refractivity contribution in [2.45, 2.75) is 39.2 Å². The number of aromatic nitrogens is 2. The van der Waals surface area contributed by atoms with Gasteiger partial charge in [0.25, 0.3) is 0 Å². The van der Waals surface area contributed by atoms with E-state index in [4.69, 9.17) is 4.74 Å². The monoisotopic (exact) mass is 419 g/mol. The van der Waals surface area contributed by atoms with Gasteiger partial charge in [0.15, 0.2) is 5.82 Å². The first-order valence-electron chi connectivity index (χ1n) is 10.7. The molecule has 4 nitrogen and oxygen atoms in total. The first-order chi connectivity index (χ1) is 14.7. The largest absolute Gasteiger partial charge is 0.494 e. The maximum atomic E-state index is 6.02. The lowest BCUT2D eigenvalue weighted by molar-refractivity contribution is 0.310. The predicted octanol–water partition coefficient (Wildman–Crippen LogP) is 5.35. The summed E-state index contributed by atoms with van der Waals surface area (Å²) in [5, 5.41) is 0. The quantitative estimate of drug-likeness (QED) is 0.363. The average molecular weight is 420 g/mol. The Morgan fingerprint density at radius 2 is 1.80 bits per heavy atom. The molecule has 0 saturated heterocycles.